The normalized spacial score (nSPS) is 13.3. The molecule has 0 aromatic heterocycles. The van der Waals surface area contributed by atoms with Crippen LogP contribution in [0.3, 0.4) is 0 Å². The second-order valence-corrected chi connectivity index (χ2v) is 6.14. The molecule has 0 saturated carbocycles. The zero-order valence-corrected chi connectivity index (χ0v) is 14.6. The molecule has 1 amide bonds. The minimum Gasteiger partial charge on any atom is -0.452 e. The van der Waals surface area contributed by atoms with Crippen molar-refractivity contribution < 1.29 is 19.2 Å². The lowest BCUT2D eigenvalue weighted by Crippen LogP contribution is -2.32. The van der Waals surface area contributed by atoms with Crippen LogP contribution in [0.2, 0.25) is 0 Å². The topological polar surface area (TPSA) is 102 Å². The average molecular weight is 369 g/mol. The number of anilines is 2. The van der Waals surface area contributed by atoms with E-state index in [9.17, 15) is 19.7 Å². The monoisotopic (exact) mass is 369 g/mol. The molecule has 1 aliphatic heterocycles. The summed E-state index contributed by atoms with van der Waals surface area (Å²) < 4.78 is 5.02. The molecule has 0 atom stereocenters. The lowest BCUT2D eigenvalue weighted by atomic mass is 10.1. The first kappa shape index (κ1) is 18.4. The van der Waals surface area contributed by atoms with Crippen molar-refractivity contribution in [3.8, 4) is 0 Å². The molecule has 8 nitrogen and oxygen atoms in total. The Morgan fingerprint density at radius 1 is 1.11 bits per heavy atom. The second kappa shape index (κ2) is 8.31. The molecule has 2 aromatic rings. The molecule has 0 unspecified atom stereocenters. The summed E-state index contributed by atoms with van der Waals surface area (Å²) in [5.41, 5.74) is 0.719. The van der Waals surface area contributed by atoms with Gasteiger partial charge in [0.2, 0.25) is 0 Å². The number of amides is 1. The van der Waals surface area contributed by atoms with Crippen LogP contribution in [0, 0.1) is 10.1 Å². The smallest absolute Gasteiger partial charge is 0.338 e. The number of nitrogens with one attached hydrogen (secondary N) is 1. The highest BCUT2D eigenvalue weighted by atomic mass is 16.6. The number of carbonyl (C=O) groups is 2. The number of hydrogen-bond acceptors (Lipinski definition) is 6. The molecule has 140 valence electrons. The summed E-state index contributed by atoms with van der Waals surface area (Å²) in [6, 6.07) is 13.0. The predicted molar refractivity (Wildman–Crippen MR) is 98.9 cm³/mol. The Morgan fingerprint density at radius 2 is 1.81 bits per heavy atom. The molecule has 2 aromatic carbocycles. The second-order valence-electron chi connectivity index (χ2n) is 6.14. The molecular formula is C19H19N3O5. The van der Waals surface area contributed by atoms with Gasteiger partial charge in [-0.15, -0.1) is 0 Å². The minimum atomic E-state index is -0.767. The van der Waals surface area contributed by atoms with Crippen molar-refractivity contribution in [2.45, 2.75) is 12.8 Å². The molecule has 8 heteroatoms. The summed E-state index contributed by atoms with van der Waals surface area (Å²) >= 11 is 0. The van der Waals surface area contributed by atoms with E-state index in [-0.39, 0.29) is 29.5 Å². The van der Waals surface area contributed by atoms with Crippen LogP contribution in [0.15, 0.2) is 48.5 Å². The highest BCUT2D eigenvalue weighted by Crippen LogP contribution is 2.29. The molecule has 1 N–H and O–H groups in total. The zero-order chi connectivity index (χ0) is 19.2. The van der Waals surface area contributed by atoms with Gasteiger partial charge in [-0.2, -0.15) is 0 Å². The van der Waals surface area contributed by atoms with Gasteiger partial charge in [0.05, 0.1) is 10.5 Å². The van der Waals surface area contributed by atoms with Gasteiger partial charge in [0.15, 0.2) is 6.61 Å². The van der Waals surface area contributed by atoms with Crippen molar-refractivity contribution in [2.24, 2.45) is 0 Å². The third-order valence-corrected chi connectivity index (χ3v) is 4.27. The number of nitrogens with zero attached hydrogens (tertiary/aromatic N) is 2. The summed E-state index contributed by atoms with van der Waals surface area (Å²) in [6.45, 7) is 0.972. The largest absolute Gasteiger partial charge is 0.452 e. The fourth-order valence-corrected chi connectivity index (χ4v) is 2.86. The van der Waals surface area contributed by atoms with E-state index >= 15 is 0 Å². The summed E-state index contributed by atoms with van der Waals surface area (Å²) in [4.78, 5) is 36.6. The lowest BCUT2D eigenvalue weighted by molar-refractivity contribution is -0.383. The van der Waals surface area contributed by atoms with E-state index in [0.717, 1.165) is 18.9 Å². The number of para-hydroxylation sites is 1. The van der Waals surface area contributed by atoms with E-state index in [2.05, 4.69) is 5.32 Å². The first-order valence-corrected chi connectivity index (χ1v) is 8.60. The van der Waals surface area contributed by atoms with Crippen molar-refractivity contribution in [3.63, 3.8) is 0 Å². The number of ether oxygens (including phenoxy) is 1. The van der Waals surface area contributed by atoms with Crippen molar-refractivity contribution >= 4 is 28.9 Å². The quantitative estimate of drug-likeness (QED) is 0.477. The van der Waals surface area contributed by atoms with Crippen LogP contribution >= 0.6 is 0 Å². The van der Waals surface area contributed by atoms with Gasteiger partial charge in [-0.05, 0) is 37.1 Å². The summed E-state index contributed by atoms with van der Waals surface area (Å²) in [5.74, 6) is -1.02. The van der Waals surface area contributed by atoms with Crippen molar-refractivity contribution in [2.75, 3.05) is 25.0 Å². The van der Waals surface area contributed by atoms with E-state index in [1.807, 2.05) is 6.07 Å². The Morgan fingerprint density at radius 3 is 2.48 bits per heavy atom. The van der Waals surface area contributed by atoms with E-state index in [0.29, 0.717) is 18.8 Å². The number of esters is 1. The van der Waals surface area contributed by atoms with Gasteiger partial charge in [-0.1, -0.05) is 18.2 Å². The van der Waals surface area contributed by atoms with E-state index in [1.165, 1.54) is 12.1 Å². The molecule has 3 rings (SSSR count). The maximum absolute atomic E-state index is 12.2. The molecule has 1 fully saturated rings. The van der Waals surface area contributed by atoms with Crippen LogP contribution in [0.4, 0.5) is 17.1 Å². The SMILES string of the molecule is O=C(OCC(=O)N1CCCC1)c1ccc(Nc2ccccc2)c([N+](=O)[O-])c1. The first-order valence-electron chi connectivity index (χ1n) is 8.60. The molecule has 0 radical (unpaired) electrons. The number of hydrogen-bond donors (Lipinski definition) is 1. The van der Waals surface area contributed by atoms with Gasteiger partial charge < -0.3 is 15.0 Å². The number of likely N-dealkylation sites (tertiary alicyclic amines) is 1. The maximum atomic E-state index is 12.2. The summed E-state index contributed by atoms with van der Waals surface area (Å²) in [5, 5.41) is 14.3. The van der Waals surface area contributed by atoms with Crippen molar-refractivity contribution in [1.82, 2.24) is 4.90 Å². The predicted octanol–water partition coefficient (Wildman–Crippen LogP) is 3.12. The van der Waals surface area contributed by atoms with Gasteiger partial charge in [-0.25, -0.2) is 4.79 Å². The maximum Gasteiger partial charge on any atom is 0.338 e. The number of nitro benzene ring substituents is 1. The Labute approximate surface area is 155 Å². The Kier molecular flexibility index (Phi) is 5.65. The van der Waals surface area contributed by atoms with Gasteiger partial charge in [0.1, 0.15) is 5.69 Å². The molecular weight excluding hydrogens is 350 g/mol. The van der Waals surface area contributed by atoms with Gasteiger partial charge in [-0.3, -0.25) is 14.9 Å². The number of carbonyl (C=O) groups excluding carboxylic acids is 2. The number of rotatable bonds is 6. The Hall–Kier alpha value is -3.42. The zero-order valence-electron chi connectivity index (χ0n) is 14.6. The fourth-order valence-electron chi connectivity index (χ4n) is 2.86. The van der Waals surface area contributed by atoms with Gasteiger partial charge in [0.25, 0.3) is 11.6 Å². The summed E-state index contributed by atoms with van der Waals surface area (Å²) in [6.07, 6.45) is 1.89. The average Bonchev–Trinajstić information content (AvgIpc) is 3.21. The van der Waals surface area contributed by atoms with Crippen molar-refractivity contribution in [1.29, 1.82) is 0 Å². The van der Waals surface area contributed by atoms with Crippen molar-refractivity contribution in [3.05, 3.63) is 64.2 Å². The lowest BCUT2D eigenvalue weighted by Gasteiger charge is -2.15. The van der Waals surface area contributed by atoms with E-state index < -0.39 is 10.9 Å². The minimum absolute atomic E-state index is 0.0227. The number of benzene rings is 2. The van der Waals surface area contributed by atoms with E-state index in [1.54, 1.807) is 29.2 Å². The van der Waals surface area contributed by atoms with Gasteiger partial charge >= 0.3 is 5.97 Å². The molecule has 27 heavy (non-hydrogen) atoms. The van der Waals surface area contributed by atoms with Crippen LogP contribution in [0.25, 0.3) is 0 Å². The molecule has 0 aliphatic carbocycles. The Balaban J connectivity index is 1.70. The third-order valence-electron chi connectivity index (χ3n) is 4.27. The van der Waals surface area contributed by atoms with Crippen LogP contribution in [0.1, 0.15) is 23.2 Å². The summed E-state index contributed by atoms with van der Waals surface area (Å²) in [7, 11) is 0. The van der Waals surface area contributed by atoms with Gasteiger partial charge in [0, 0.05) is 24.8 Å². The van der Waals surface area contributed by atoms with E-state index in [4.69, 9.17) is 4.74 Å². The third kappa shape index (κ3) is 4.60. The molecule has 1 aliphatic rings. The first-order chi connectivity index (χ1) is 13.0. The van der Waals surface area contributed by atoms with Crippen LogP contribution in [0.5, 0.6) is 0 Å². The highest BCUT2D eigenvalue weighted by molar-refractivity contribution is 5.93. The van der Waals surface area contributed by atoms with Crippen LogP contribution < -0.4 is 5.32 Å². The molecule has 1 saturated heterocycles. The fraction of sp³-hybridized carbons (Fsp3) is 0.263. The molecule has 0 spiro atoms. The molecule has 1 heterocycles. The standard InChI is InChI=1S/C19H19N3O5/c23-18(21-10-4-5-11-21)13-27-19(24)14-8-9-16(17(12-14)22(25)26)20-15-6-2-1-3-7-15/h1-3,6-9,12,20H,4-5,10-11,13H2. The van der Waals surface area contributed by atoms with Crippen LogP contribution in [-0.4, -0.2) is 41.4 Å². The number of nitro groups is 1. The van der Waals surface area contributed by atoms with Crippen LogP contribution in [-0.2, 0) is 9.53 Å². The molecule has 0 bridgehead atoms. The highest BCUT2D eigenvalue weighted by Gasteiger charge is 2.22. The Bertz CT molecular complexity index is 848.